The van der Waals surface area contributed by atoms with E-state index in [1.165, 1.54) is 4.68 Å². The Labute approximate surface area is 95.0 Å². The van der Waals surface area contributed by atoms with Gasteiger partial charge in [-0.15, -0.1) is 12.3 Å². The molecule has 0 aliphatic rings. The number of hydrogen-bond donors (Lipinski definition) is 2. The number of nitrogen functional groups attached to an aromatic ring is 1. The molecular weight excluding hydrogens is 204 g/mol. The number of amides is 1. The summed E-state index contributed by atoms with van der Waals surface area (Å²) in [6, 6.07) is 0. The van der Waals surface area contributed by atoms with Crippen LogP contribution >= 0.6 is 0 Å². The van der Waals surface area contributed by atoms with Crippen LogP contribution in [0, 0.1) is 12.3 Å². The molecular formula is C11H16N4O. The average Bonchev–Trinajstić information content (AvgIpc) is 2.54. The van der Waals surface area contributed by atoms with E-state index in [9.17, 15) is 4.79 Å². The number of carbonyl (C=O) groups excluding carboxylic acids is 1. The van der Waals surface area contributed by atoms with Crippen LogP contribution in [-0.2, 0) is 13.5 Å². The minimum Gasteiger partial charge on any atom is -0.395 e. The van der Waals surface area contributed by atoms with E-state index in [4.69, 9.17) is 12.2 Å². The highest BCUT2D eigenvalue weighted by molar-refractivity contribution is 5.97. The van der Waals surface area contributed by atoms with Crippen molar-refractivity contribution >= 4 is 11.6 Å². The smallest absolute Gasteiger partial charge is 0.271 e. The maximum Gasteiger partial charge on any atom is 0.271 e. The van der Waals surface area contributed by atoms with Crippen molar-refractivity contribution in [3.8, 4) is 12.3 Å². The van der Waals surface area contributed by atoms with E-state index in [2.05, 4.69) is 16.3 Å². The first-order valence-electron chi connectivity index (χ1n) is 5.14. The number of anilines is 1. The lowest BCUT2D eigenvalue weighted by Crippen LogP contribution is -2.27. The van der Waals surface area contributed by atoms with Gasteiger partial charge in [-0.25, -0.2) is 0 Å². The number of nitrogens with two attached hydrogens (primary N) is 1. The van der Waals surface area contributed by atoms with Crippen LogP contribution in [0.25, 0.3) is 0 Å². The number of nitrogens with one attached hydrogen (secondary N) is 1. The summed E-state index contributed by atoms with van der Waals surface area (Å²) in [7, 11) is 1.70. The van der Waals surface area contributed by atoms with E-state index in [-0.39, 0.29) is 5.91 Å². The van der Waals surface area contributed by atoms with Crippen molar-refractivity contribution in [3.63, 3.8) is 0 Å². The maximum atomic E-state index is 11.8. The molecule has 0 fully saturated rings. The molecule has 0 aliphatic heterocycles. The summed E-state index contributed by atoms with van der Waals surface area (Å²) in [5, 5.41) is 6.87. The SMILES string of the molecule is C#CCCNC(=O)c1c(N)c(CC)nn1C. The molecule has 3 N–H and O–H groups in total. The summed E-state index contributed by atoms with van der Waals surface area (Å²) in [5.74, 6) is 2.22. The van der Waals surface area contributed by atoms with Crippen molar-refractivity contribution in [1.29, 1.82) is 0 Å². The lowest BCUT2D eigenvalue weighted by atomic mass is 10.2. The molecule has 5 heteroatoms. The lowest BCUT2D eigenvalue weighted by molar-refractivity contribution is 0.0946. The Morgan fingerprint density at radius 2 is 2.38 bits per heavy atom. The fourth-order valence-corrected chi connectivity index (χ4v) is 1.46. The van der Waals surface area contributed by atoms with E-state index in [0.717, 1.165) is 5.69 Å². The summed E-state index contributed by atoms with van der Waals surface area (Å²) in [5.41, 5.74) is 7.42. The Kier molecular flexibility index (Phi) is 3.95. The van der Waals surface area contributed by atoms with Crippen LogP contribution in [0.5, 0.6) is 0 Å². The molecule has 1 rings (SSSR count). The number of terminal acetylenes is 1. The Hall–Kier alpha value is -1.96. The third kappa shape index (κ3) is 2.34. The molecule has 0 bridgehead atoms. The second-order valence-electron chi connectivity index (χ2n) is 3.40. The van der Waals surface area contributed by atoms with Crippen LogP contribution in [0.15, 0.2) is 0 Å². The zero-order valence-corrected chi connectivity index (χ0v) is 9.58. The van der Waals surface area contributed by atoms with Crippen molar-refractivity contribution in [2.45, 2.75) is 19.8 Å². The molecule has 16 heavy (non-hydrogen) atoms. The maximum absolute atomic E-state index is 11.8. The van der Waals surface area contributed by atoms with Gasteiger partial charge in [0.15, 0.2) is 0 Å². The van der Waals surface area contributed by atoms with Crippen molar-refractivity contribution < 1.29 is 4.79 Å². The highest BCUT2D eigenvalue weighted by Gasteiger charge is 2.18. The molecule has 0 aromatic carbocycles. The normalized spacial score (nSPS) is 9.81. The van der Waals surface area contributed by atoms with Gasteiger partial charge in [0.2, 0.25) is 0 Å². The summed E-state index contributed by atoms with van der Waals surface area (Å²) < 4.78 is 1.50. The van der Waals surface area contributed by atoms with Gasteiger partial charge in [-0.1, -0.05) is 6.92 Å². The Morgan fingerprint density at radius 3 is 2.88 bits per heavy atom. The minimum absolute atomic E-state index is 0.234. The largest absolute Gasteiger partial charge is 0.395 e. The van der Waals surface area contributed by atoms with Crippen molar-refractivity contribution in [3.05, 3.63) is 11.4 Å². The molecule has 0 radical (unpaired) electrons. The van der Waals surface area contributed by atoms with Gasteiger partial charge in [0.05, 0.1) is 11.4 Å². The first-order valence-corrected chi connectivity index (χ1v) is 5.14. The monoisotopic (exact) mass is 220 g/mol. The van der Waals surface area contributed by atoms with Crippen molar-refractivity contribution in [2.75, 3.05) is 12.3 Å². The Bertz CT molecular complexity index is 428. The molecule has 0 spiro atoms. The molecule has 0 atom stereocenters. The summed E-state index contributed by atoms with van der Waals surface area (Å²) >= 11 is 0. The second kappa shape index (κ2) is 5.21. The number of rotatable bonds is 4. The molecule has 1 amide bonds. The van der Waals surface area contributed by atoms with Gasteiger partial charge in [-0.3, -0.25) is 9.48 Å². The van der Waals surface area contributed by atoms with Crippen LogP contribution in [0.2, 0.25) is 0 Å². The molecule has 0 saturated carbocycles. The Morgan fingerprint density at radius 1 is 1.69 bits per heavy atom. The summed E-state index contributed by atoms with van der Waals surface area (Å²) in [6.07, 6.45) is 6.31. The number of carbonyl (C=O) groups is 1. The van der Waals surface area contributed by atoms with Gasteiger partial charge >= 0.3 is 0 Å². The fraction of sp³-hybridized carbons (Fsp3) is 0.455. The summed E-state index contributed by atoms with van der Waals surface area (Å²) in [6.45, 7) is 2.39. The second-order valence-corrected chi connectivity index (χ2v) is 3.40. The predicted molar refractivity (Wildman–Crippen MR) is 62.8 cm³/mol. The van der Waals surface area contributed by atoms with Gasteiger partial charge in [0.1, 0.15) is 5.69 Å². The standard InChI is InChI=1S/C11H16N4O/c1-4-6-7-13-11(16)10-9(12)8(5-2)14-15(10)3/h1H,5-7,12H2,2-3H3,(H,13,16). The van der Waals surface area contributed by atoms with E-state index in [1.807, 2.05) is 6.92 Å². The fourth-order valence-electron chi connectivity index (χ4n) is 1.46. The van der Waals surface area contributed by atoms with Crippen molar-refractivity contribution in [2.24, 2.45) is 7.05 Å². The van der Waals surface area contributed by atoms with Crippen LogP contribution in [0.1, 0.15) is 29.5 Å². The van der Waals surface area contributed by atoms with Gasteiger partial charge in [0.25, 0.3) is 5.91 Å². The van der Waals surface area contributed by atoms with Gasteiger partial charge < -0.3 is 11.1 Å². The van der Waals surface area contributed by atoms with Crippen LogP contribution in [-0.4, -0.2) is 22.2 Å². The number of aromatic nitrogens is 2. The van der Waals surface area contributed by atoms with Crippen molar-refractivity contribution in [1.82, 2.24) is 15.1 Å². The zero-order valence-electron chi connectivity index (χ0n) is 9.58. The molecule has 86 valence electrons. The molecule has 0 saturated heterocycles. The van der Waals surface area contributed by atoms with Crippen LogP contribution in [0.4, 0.5) is 5.69 Å². The van der Waals surface area contributed by atoms with E-state index < -0.39 is 0 Å². The van der Waals surface area contributed by atoms with Gasteiger partial charge in [-0.05, 0) is 6.42 Å². The van der Waals surface area contributed by atoms with E-state index in [0.29, 0.717) is 30.8 Å². The third-order valence-corrected chi connectivity index (χ3v) is 2.27. The molecule has 5 nitrogen and oxygen atoms in total. The minimum atomic E-state index is -0.234. The topological polar surface area (TPSA) is 72.9 Å². The van der Waals surface area contributed by atoms with E-state index >= 15 is 0 Å². The highest BCUT2D eigenvalue weighted by atomic mass is 16.2. The van der Waals surface area contributed by atoms with Gasteiger partial charge in [-0.2, -0.15) is 5.10 Å². The highest BCUT2D eigenvalue weighted by Crippen LogP contribution is 2.16. The zero-order chi connectivity index (χ0) is 12.1. The molecule has 1 aromatic heterocycles. The van der Waals surface area contributed by atoms with Crippen LogP contribution < -0.4 is 11.1 Å². The lowest BCUT2D eigenvalue weighted by Gasteiger charge is -2.04. The Balaban J connectivity index is 2.83. The van der Waals surface area contributed by atoms with E-state index in [1.54, 1.807) is 7.05 Å². The number of aryl methyl sites for hydroxylation is 2. The average molecular weight is 220 g/mol. The molecule has 1 heterocycles. The van der Waals surface area contributed by atoms with Gasteiger partial charge in [0, 0.05) is 20.0 Å². The first kappa shape index (κ1) is 12.1. The quantitative estimate of drug-likeness (QED) is 0.567. The molecule has 1 aromatic rings. The van der Waals surface area contributed by atoms with Crippen LogP contribution in [0.3, 0.4) is 0 Å². The molecule has 0 aliphatic carbocycles. The number of hydrogen-bond acceptors (Lipinski definition) is 3. The first-order chi connectivity index (χ1) is 7.61. The summed E-state index contributed by atoms with van der Waals surface area (Å²) in [4.78, 5) is 11.8. The predicted octanol–water partition coefficient (Wildman–Crippen LogP) is 0.318. The molecule has 0 unspecified atom stereocenters. The third-order valence-electron chi connectivity index (χ3n) is 2.27. The number of nitrogens with zero attached hydrogens (tertiary/aromatic N) is 2.